The summed E-state index contributed by atoms with van der Waals surface area (Å²) in [4.78, 5) is 30.6. The second kappa shape index (κ2) is 6.60. The molecule has 0 spiro atoms. The molecule has 1 aliphatic carbocycles. The van der Waals surface area contributed by atoms with E-state index in [4.69, 9.17) is 0 Å². The van der Waals surface area contributed by atoms with Gasteiger partial charge in [-0.3, -0.25) is 14.6 Å². The second-order valence-electron chi connectivity index (χ2n) is 5.56. The first-order valence-corrected chi connectivity index (χ1v) is 7.83. The largest absolute Gasteiger partial charge is 0.348 e. The van der Waals surface area contributed by atoms with Crippen LogP contribution >= 0.6 is 0 Å². The minimum atomic E-state index is -0.218. The van der Waals surface area contributed by atoms with E-state index in [1.54, 1.807) is 17.0 Å². The number of nitrogens with zero attached hydrogens (tertiary/aromatic N) is 2. The highest BCUT2D eigenvalue weighted by molar-refractivity contribution is 6.07. The lowest BCUT2D eigenvalue weighted by molar-refractivity contribution is 0.0946. The van der Waals surface area contributed by atoms with Crippen LogP contribution in [0.3, 0.4) is 0 Å². The molecule has 0 atom stereocenters. The lowest BCUT2D eigenvalue weighted by atomic mass is 10.1. The SMILES string of the molecule is CCN(C(=O)c1ccnc(C(=O)NC2CC2)c1)c1ccccc1. The van der Waals surface area contributed by atoms with E-state index in [2.05, 4.69) is 10.3 Å². The van der Waals surface area contributed by atoms with Crippen molar-refractivity contribution in [2.45, 2.75) is 25.8 Å². The van der Waals surface area contributed by atoms with Gasteiger partial charge in [-0.25, -0.2) is 0 Å². The van der Waals surface area contributed by atoms with Crippen molar-refractivity contribution in [3.8, 4) is 0 Å². The molecule has 3 rings (SSSR count). The Balaban J connectivity index is 1.82. The molecule has 5 nitrogen and oxygen atoms in total. The van der Waals surface area contributed by atoms with E-state index in [1.807, 2.05) is 37.3 Å². The van der Waals surface area contributed by atoms with Gasteiger partial charge in [-0.15, -0.1) is 0 Å². The van der Waals surface area contributed by atoms with Crippen molar-refractivity contribution in [1.29, 1.82) is 0 Å². The van der Waals surface area contributed by atoms with E-state index in [-0.39, 0.29) is 23.6 Å². The Morgan fingerprint density at radius 2 is 1.96 bits per heavy atom. The third-order valence-corrected chi connectivity index (χ3v) is 3.78. The van der Waals surface area contributed by atoms with E-state index in [0.29, 0.717) is 12.1 Å². The number of para-hydroxylation sites is 1. The first-order valence-electron chi connectivity index (χ1n) is 7.83. The molecule has 1 aromatic heterocycles. The molecular formula is C18H19N3O2. The molecule has 5 heteroatoms. The molecule has 0 bridgehead atoms. The average molecular weight is 309 g/mol. The quantitative estimate of drug-likeness (QED) is 0.923. The van der Waals surface area contributed by atoms with Crippen LogP contribution in [-0.4, -0.2) is 29.4 Å². The standard InChI is InChI=1S/C18H19N3O2/c1-2-21(15-6-4-3-5-7-15)18(23)13-10-11-19-16(12-13)17(22)20-14-8-9-14/h3-7,10-12,14H,2,8-9H2,1H3,(H,20,22). The molecule has 1 aliphatic rings. The molecule has 2 amide bonds. The second-order valence-corrected chi connectivity index (χ2v) is 5.56. The summed E-state index contributed by atoms with van der Waals surface area (Å²) in [5.41, 5.74) is 1.58. The molecule has 118 valence electrons. The Labute approximate surface area is 135 Å². The minimum Gasteiger partial charge on any atom is -0.348 e. The van der Waals surface area contributed by atoms with Crippen molar-refractivity contribution in [3.63, 3.8) is 0 Å². The fraction of sp³-hybridized carbons (Fsp3) is 0.278. The van der Waals surface area contributed by atoms with Gasteiger partial charge >= 0.3 is 0 Å². The number of pyridine rings is 1. The van der Waals surface area contributed by atoms with Crippen molar-refractivity contribution in [2.24, 2.45) is 0 Å². The zero-order chi connectivity index (χ0) is 16.2. The minimum absolute atomic E-state index is 0.137. The summed E-state index contributed by atoms with van der Waals surface area (Å²) in [6.45, 7) is 2.47. The monoisotopic (exact) mass is 309 g/mol. The smallest absolute Gasteiger partial charge is 0.270 e. The molecule has 1 heterocycles. The van der Waals surface area contributed by atoms with Gasteiger partial charge in [-0.2, -0.15) is 0 Å². The van der Waals surface area contributed by atoms with Gasteiger partial charge in [-0.05, 0) is 44.0 Å². The number of carbonyl (C=O) groups excluding carboxylic acids is 2. The van der Waals surface area contributed by atoms with Crippen molar-refractivity contribution >= 4 is 17.5 Å². The molecule has 0 aliphatic heterocycles. The van der Waals surface area contributed by atoms with E-state index >= 15 is 0 Å². The molecule has 1 N–H and O–H groups in total. The predicted molar refractivity (Wildman–Crippen MR) is 88.5 cm³/mol. The van der Waals surface area contributed by atoms with Gasteiger partial charge in [0.2, 0.25) is 0 Å². The number of amides is 2. The molecule has 0 radical (unpaired) electrons. The van der Waals surface area contributed by atoms with Crippen LogP contribution in [0.15, 0.2) is 48.7 Å². The van der Waals surface area contributed by atoms with Crippen molar-refractivity contribution in [1.82, 2.24) is 10.3 Å². The first kappa shape index (κ1) is 15.2. The Bertz CT molecular complexity index is 711. The fourth-order valence-electron chi connectivity index (χ4n) is 2.38. The number of carbonyl (C=O) groups is 2. The molecule has 1 fully saturated rings. The van der Waals surface area contributed by atoms with Crippen LogP contribution in [-0.2, 0) is 0 Å². The van der Waals surface area contributed by atoms with Crippen LogP contribution in [0.2, 0.25) is 0 Å². The van der Waals surface area contributed by atoms with E-state index in [1.165, 1.54) is 6.20 Å². The molecular weight excluding hydrogens is 290 g/mol. The first-order chi connectivity index (χ1) is 11.2. The Kier molecular flexibility index (Phi) is 4.37. The maximum Gasteiger partial charge on any atom is 0.270 e. The number of anilines is 1. The summed E-state index contributed by atoms with van der Waals surface area (Å²) in [6, 6.07) is 13.0. The number of benzene rings is 1. The van der Waals surface area contributed by atoms with Crippen LogP contribution in [0.5, 0.6) is 0 Å². The normalized spacial score (nSPS) is 13.4. The summed E-state index contributed by atoms with van der Waals surface area (Å²) in [7, 11) is 0. The lowest BCUT2D eigenvalue weighted by Gasteiger charge is -2.21. The van der Waals surface area contributed by atoms with E-state index in [9.17, 15) is 9.59 Å². The average Bonchev–Trinajstić information content (AvgIpc) is 3.40. The zero-order valence-electron chi connectivity index (χ0n) is 13.0. The van der Waals surface area contributed by atoms with Crippen molar-refractivity contribution < 1.29 is 9.59 Å². The van der Waals surface area contributed by atoms with Gasteiger partial charge in [0.15, 0.2) is 0 Å². The van der Waals surface area contributed by atoms with Crippen LogP contribution in [0.1, 0.15) is 40.6 Å². The third-order valence-electron chi connectivity index (χ3n) is 3.78. The molecule has 2 aromatic rings. The summed E-state index contributed by atoms with van der Waals surface area (Å²) in [5, 5.41) is 2.88. The van der Waals surface area contributed by atoms with Crippen molar-refractivity contribution in [2.75, 3.05) is 11.4 Å². The predicted octanol–water partition coefficient (Wildman–Crippen LogP) is 2.64. The highest BCUT2D eigenvalue weighted by atomic mass is 16.2. The molecule has 0 unspecified atom stereocenters. The van der Waals surface area contributed by atoms with Gasteiger partial charge < -0.3 is 10.2 Å². The zero-order valence-corrected chi connectivity index (χ0v) is 13.0. The highest BCUT2D eigenvalue weighted by Gasteiger charge is 2.25. The van der Waals surface area contributed by atoms with Crippen LogP contribution in [0.4, 0.5) is 5.69 Å². The summed E-state index contributed by atoms with van der Waals surface area (Å²) >= 11 is 0. The van der Waals surface area contributed by atoms with Crippen LogP contribution in [0.25, 0.3) is 0 Å². The van der Waals surface area contributed by atoms with Gasteiger partial charge in [0.25, 0.3) is 11.8 Å². The fourth-order valence-corrected chi connectivity index (χ4v) is 2.38. The number of hydrogen-bond donors (Lipinski definition) is 1. The number of nitrogens with one attached hydrogen (secondary N) is 1. The summed E-state index contributed by atoms with van der Waals surface area (Å²) in [6.07, 6.45) is 3.54. The molecule has 1 saturated carbocycles. The van der Waals surface area contributed by atoms with Gasteiger partial charge in [0, 0.05) is 30.0 Å². The molecule has 1 aromatic carbocycles. The van der Waals surface area contributed by atoms with E-state index in [0.717, 1.165) is 18.5 Å². The van der Waals surface area contributed by atoms with Gasteiger partial charge in [-0.1, -0.05) is 18.2 Å². The van der Waals surface area contributed by atoms with Crippen LogP contribution < -0.4 is 10.2 Å². The number of hydrogen-bond acceptors (Lipinski definition) is 3. The maximum atomic E-state index is 12.8. The number of aromatic nitrogens is 1. The van der Waals surface area contributed by atoms with E-state index < -0.39 is 0 Å². The molecule has 0 saturated heterocycles. The third kappa shape index (κ3) is 3.56. The summed E-state index contributed by atoms with van der Waals surface area (Å²) < 4.78 is 0. The number of rotatable bonds is 5. The Hall–Kier alpha value is -2.69. The summed E-state index contributed by atoms with van der Waals surface area (Å²) in [5.74, 6) is -0.355. The van der Waals surface area contributed by atoms with Gasteiger partial charge in [0.1, 0.15) is 5.69 Å². The molecule has 23 heavy (non-hydrogen) atoms. The van der Waals surface area contributed by atoms with Gasteiger partial charge in [0.05, 0.1) is 0 Å². The lowest BCUT2D eigenvalue weighted by Crippen LogP contribution is -2.31. The highest BCUT2D eigenvalue weighted by Crippen LogP contribution is 2.20. The topological polar surface area (TPSA) is 62.3 Å². The Morgan fingerprint density at radius 3 is 2.61 bits per heavy atom. The van der Waals surface area contributed by atoms with Crippen LogP contribution in [0, 0.1) is 0 Å². The van der Waals surface area contributed by atoms with Crippen molar-refractivity contribution in [3.05, 3.63) is 59.9 Å². The maximum absolute atomic E-state index is 12.8. The Morgan fingerprint density at radius 1 is 1.22 bits per heavy atom.